The summed E-state index contributed by atoms with van der Waals surface area (Å²) in [6.07, 6.45) is 12.8. The smallest absolute Gasteiger partial charge is 1.00 e. The van der Waals surface area contributed by atoms with E-state index in [1.165, 1.54) is 64.4 Å². The van der Waals surface area contributed by atoms with Crippen LogP contribution in [0.15, 0.2) is 106 Å². The van der Waals surface area contributed by atoms with Crippen LogP contribution in [0.1, 0.15) is 130 Å². The predicted octanol–water partition coefficient (Wildman–Crippen LogP) is 7.36. The molecule has 0 aliphatic heterocycles. The van der Waals surface area contributed by atoms with Crippen molar-refractivity contribution >= 4 is 14.4 Å². The van der Waals surface area contributed by atoms with E-state index >= 15 is 0 Å². The average molecular weight is 839 g/mol. The SMILES string of the molecule is CC1=CCC(C)(C)c2cc3c(cc21)-c1cc2c(cc1[CH]3[Zr+2]([C]1=CC(C(C)(C)C)=CC1)=[C](c1ccc(F)cc1)c1ccc(F)cc1)C(C)(C)CC=C2C.[Cl-].[Cl-]. The monoisotopic (exact) mass is 836 g/mol. The van der Waals surface area contributed by atoms with Crippen LogP contribution in [0, 0.1) is 17.0 Å². The van der Waals surface area contributed by atoms with Gasteiger partial charge >= 0.3 is 319 Å². The minimum atomic E-state index is -3.17. The first-order chi connectivity index (χ1) is 24.5. The van der Waals surface area contributed by atoms with E-state index in [1.54, 1.807) is 27.5 Å². The Labute approximate surface area is 341 Å². The van der Waals surface area contributed by atoms with Gasteiger partial charge in [-0.2, -0.15) is 0 Å². The molecule has 54 heavy (non-hydrogen) atoms. The summed E-state index contributed by atoms with van der Waals surface area (Å²) in [5.74, 6) is -0.481. The predicted molar refractivity (Wildman–Crippen MR) is 213 cm³/mol. The molecule has 0 amide bonds. The topological polar surface area (TPSA) is 0 Å². The van der Waals surface area contributed by atoms with Crippen molar-refractivity contribution in [2.75, 3.05) is 0 Å². The maximum atomic E-state index is 14.6. The van der Waals surface area contributed by atoms with Gasteiger partial charge in [0.25, 0.3) is 0 Å². The molecule has 0 aromatic heterocycles. The van der Waals surface area contributed by atoms with E-state index < -0.39 is 21.3 Å². The molecule has 278 valence electrons. The minimum absolute atomic E-state index is 0. The van der Waals surface area contributed by atoms with E-state index in [1.807, 2.05) is 24.3 Å². The van der Waals surface area contributed by atoms with Crippen LogP contribution in [-0.2, 0) is 32.1 Å². The quantitative estimate of drug-likeness (QED) is 0.202. The molecule has 0 spiro atoms. The van der Waals surface area contributed by atoms with Gasteiger partial charge in [0, 0.05) is 0 Å². The number of halogens is 4. The first-order valence-corrected chi connectivity index (χ1v) is 22.8. The van der Waals surface area contributed by atoms with Crippen molar-refractivity contribution in [1.29, 1.82) is 0 Å². The van der Waals surface area contributed by atoms with Gasteiger partial charge in [-0.3, -0.25) is 0 Å². The summed E-state index contributed by atoms with van der Waals surface area (Å²) in [4.78, 5) is 0. The Kier molecular flexibility index (Phi) is 10.9. The van der Waals surface area contributed by atoms with Crippen molar-refractivity contribution in [3.05, 3.63) is 162 Å². The number of hydrogen-bond acceptors (Lipinski definition) is 0. The number of hydrogen-bond donors (Lipinski definition) is 0. The van der Waals surface area contributed by atoms with E-state index in [0.717, 1.165) is 30.4 Å². The fraction of sp³-hybridized carbons (Fsp3) is 0.327. The molecular formula is C49H50Cl2F2Zr. The van der Waals surface area contributed by atoms with Crippen LogP contribution in [0.2, 0.25) is 0 Å². The largest absolute Gasteiger partial charge is 1.00 e. The maximum Gasteiger partial charge on any atom is -1.00 e. The Morgan fingerprint density at radius 2 is 1.06 bits per heavy atom. The number of fused-ring (bicyclic) bond motifs is 5. The van der Waals surface area contributed by atoms with E-state index in [2.05, 4.69) is 111 Å². The molecular weight excluding hydrogens is 789 g/mol. The van der Waals surface area contributed by atoms with Gasteiger partial charge in [0.05, 0.1) is 0 Å². The Morgan fingerprint density at radius 1 is 0.630 bits per heavy atom. The Balaban J connectivity index is 0.00000249. The van der Waals surface area contributed by atoms with Crippen molar-refractivity contribution in [2.45, 2.75) is 96.0 Å². The van der Waals surface area contributed by atoms with Gasteiger partial charge in [-0.1, -0.05) is 0 Å². The van der Waals surface area contributed by atoms with Crippen molar-refractivity contribution in [2.24, 2.45) is 5.41 Å². The van der Waals surface area contributed by atoms with E-state index in [0.29, 0.717) is 0 Å². The van der Waals surface area contributed by atoms with Crippen LogP contribution < -0.4 is 24.8 Å². The molecule has 0 N–H and O–H groups in total. The fourth-order valence-corrected chi connectivity index (χ4v) is 18.1. The summed E-state index contributed by atoms with van der Waals surface area (Å²) in [6, 6.07) is 24.5. The first kappa shape index (κ1) is 40.7. The third-order valence-corrected chi connectivity index (χ3v) is 20.6. The molecule has 0 bridgehead atoms. The molecule has 4 aliphatic carbocycles. The van der Waals surface area contributed by atoms with Crippen LogP contribution in [0.25, 0.3) is 22.3 Å². The standard InChI is InChI=1S/C27H29.C13H8F2.C9H13.2ClH.Zr/c1-16-7-9-26(3,4)24-12-18-11-19-13-25-21(17(2)8-10-27(25,5)6)15-23(19)22(18)14-20(16)24;14-12-5-1-10(2-6-12)9-11-3-7-13(15)8-4-11;1-9(2,3)8-6-4-5-7-8;;;/h7-8,11-15H,9-10H2,1-6H3;1-8H;6-7H,4H2,1-3H3;2*1H;/q;;;;;+2/p-2. The molecule has 0 atom stereocenters. The van der Waals surface area contributed by atoms with E-state index in [4.69, 9.17) is 0 Å². The summed E-state index contributed by atoms with van der Waals surface area (Å²) < 4.78 is 32.3. The van der Waals surface area contributed by atoms with Crippen LogP contribution in [0.5, 0.6) is 0 Å². The molecule has 8 rings (SSSR count). The summed E-state index contributed by atoms with van der Waals surface area (Å²) in [5.41, 5.74) is 17.5. The third kappa shape index (κ3) is 6.90. The molecule has 0 fully saturated rings. The normalized spacial score (nSPS) is 17.5. The minimum Gasteiger partial charge on any atom is -1.00 e. The zero-order valence-electron chi connectivity index (χ0n) is 32.9. The summed E-state index contributed by atoms with van der Waals surface area (Å²) in [7, 11) is 0. The summed E-state index contributed by atoms with van der Waals surface area (Å²) >= 11 is -3.17. The zero-order valence-corrected chi connectivity index (χ0v) is 36.9. The van der Waals surface area contributed by atoms with Gasteiger partial charge in [-0.15, -0.1) is 0 Å². The van der Waals surface area contributed by atoms with Crippen LogP contribution in [-0.4, -0.2) is 3.21 Å². The Bertz CT molecular complexity index is 2190. The molecule has 4 aliphatic rings. The molecule has 0 unspecified atom stereocenters. The number of allylic oxidation sites excluding steroid dienone is 8. The average Bonchev–Trinajstić information content (AvgIpc) is 3.71. The zero-order chi connectivity index (χ0) is 36.9. The molecule has 5 heteroatoms. The molecule has 4 aromatic rings. The van der Waals surface area contributed by atoms with Crippen LogP contribution >= 0.6 is 0 Å². The van der Waals surface area contributed by atoms with Gasteiger partial charge in [-0.25, -0.2) is 0 Å². The van der Waals surface area contributed by atoms with Gasteiger partial charge in [0.15, 0.2) is 0 Å². The van der Waals surface area contributed by atoms with Crippen LogP contribution in [0.4, 0.5) is 8.78 Å². The Morgan fingerprint density at radius 3 is 1.44 bits per heavy atom. The van der Waals surface area contributed by atoms with Crippen molar-refractivity contribution in [3.8, 4) is 11.1 Å². The first-order valence-electron chi connectivity index (χ1n) is 18.9. The van der Waals surface area contributed by atoms with Gasteiger partial charge in [-0.05, 0) is 0 Å². The molecule has 4 aromatic carbocycles. The van der Waals surface area contributed by atoms with E-state index in [9.17, 15) is 8.78 Å². The van der Waals surface area contributed by atoms with Crippen LogP contribution in [0.3, 0.4) is 0 Å². The number of rotatable bonds is 4. The van der Waals surface area contributed by atoms with E-state index in [-0.39, 0.29) is 56.3 Å². The fourth-order valence-electron chi connectivity index (χ4n) is 9.12. The van der Waals surface area contributed by atoms with Crippen molar-refractivity contribution in [3.63, 3.8) is 0 Å². The second-order valence-corrected chi connectivity index (χ2v) is 24.2. The van der Waals surface area contributed by atoms with Crippen molar-refractivity contribution < 1.29 is 54.9 Å². The third-order valence-electron chi connectivity index (χ3n) is 12.3. The van der Waals surface area contributed by atoms with Gasteiger partial charge in [0.2, 0.25) is 0 Å². The molecule has 0 nitrogen and oxygen atoms in total. The Hall–Kier alpha value is -2.97. The molecule has 0 radical (unpaired) electrons. The molecule has 0 heterocycles. The van der Waals surface area contributed by atoms with Crippen molar-refractivity contribution in [1.82, 2.24) is 0 Å². The second kappa shape index (κ2) is 14.5. The number of benzene rings is 4. The summed E-state index contributed by atoms with van der Waals surface area (Å²) in [6.45, 7) is 21.0. The van der Waals surface area contributed by atoms with Gasteiger partial charge < -0.3 is 24.8 Å². The second-order valence-electron chi connectivity index (χ2n) is 17.9. The maximum absolute atomic E-state index is 14.6. The summed E-state index contributed by atoms with van der Waals surface area (Å²) in [5, 5.41) is 0. The van der Waals surface area contributed by atoms with Gasteiger partial charge in [0.1, 0.15) is 0 Å². The molecule has 0 saturated heterocycles. The molecule has 0 saturated carbocycles.